The van der Waals surface area contributed by atoms with Crippen molar-refractivity contribution in [2.24, 2.45) is 5.92 Å². The maximum absolute atomic E-state index is 12.3. The first kappa shape index (κ1) is 14.1. The molecular weight excluding hydrogens is 262 g/mol. The Hall–Kier alpha value is -0.540. The van der Waals surface area contributed by atoms with Crippen LogP contribution in [0.25, 0.3) is 0 Å². The third kappa shape index (κ3) is 2.43. The highest BCUT2D eigenvalue weighted by Crippen LogP contribution is 2.57. The van der Waals surface area contributed by atoms with Crippen molar-refractivity contribution in [2.75, 3.05) is 6.61 Å². The molecular formula is C16H24B2O3. The van der Waals surface area contributed by atoms with Crippen LogP contribution in [0, 0.1) is 5.92 Å². The summed E-state index contributed by atoms with van der Waals surface area (Å²) >= 11 is 0. The van der Waals surface area contributed by atoms with E-state index in [1.807, 2.05) is 7.85 Å². The number of ether oxygens (including phenoxy) is 2. The van der Waals surface area contributed by atoms with Crippen LogP contribution in [0.2, 0.25) is 11.6 Å². The number of hydrogen-bond donors (Lipinski definition) is 0. The lowest BCUT2D eigenvalue weighted by Gasteiger charge is -2.36. The maximum atomic E-state index is 12.3. The molecule has 5 heteroatoms. The van der Waals surface area contributed by atoms with Crippen molar-refractivity contribution in [3.8, 4) is 0 Å². The van der Waals surface area contributed by atoms with E-state index in [0.29, 0.717) is 11.9 Å². The highest BCUT2D eigenvalue weighted by molar-refractivity contribution is 6.34. The third-order valence-electron chi connectivity index (χ3n) is 6.11. The molecule has 21 heavy (non-hydrogen) atoms. The second kappa shape index (κ2) is 4.99. The second-order valence-electron chi connectivity index (χ2n) is 7.62. The van der Waals surface area contributed by atoms with Gasteiger partial charge < -0.3 is 14.3 Å². The lowest BCUT2D eigenvalue weighted by molar-refractivity contribution is -0.123. The summed E-state index contributed by atoms with van der Waals surface area (Å²) in [6.07, 6.45) is 10.2. The molecule has 2 aliphatic heterocycles. The lowest BCUT2D eigenvalue weighted by atomic mass is 9.54. The van der Waals surface area contributed by atoms with E-state index in [1.54, 1.807) is 5.57 Å². The fourth-order valence-corrected chi connectivity index (χ4v) is 4.80. The Morgan fingerprint density at radius 3 is 2.67 bits per heavy atom. The lowest BCUT2D eigenvalue weighted by Crippen LogP contribution is -2.44. The van der Waals surface area contributed by atoms with Crippen LogP contribution in [0.15, 0.2) is 11.6 Å². The van der Waals surface area contributed by atoms with E-state index in [1.165, 1.54) is 25.7 Å². The van der Waals surface area contributed by atoms with Crippen molar-refractivity contribution in [1.29, 1.82) is 0 Å². The van der Waals surface area contributed by atoms with Gasteiger partial charge in [0, 0.05) is 5.92 Å². The van der Waals surface area contributed by atoms with Gasteiger partial charge >= 0.3 is 0 Å². The minimum Gasteiger partial charge on any atom is -0.369 e. The topological polar surface area (TPSA) is 42.1 Å². The molecule has 4 fully saturated rings. The second-order valence-corrected chi connectivity index (χ2v) is 7.62. The Balaban J connectivity index is 1.42. The van der Waals surface area contributed by atoms with Gasteiger partial charge in [-0.1, -0.05) is 11.6 Å². The summed E-state index contributed by atoms with van der Waals surface area (Å²) in [6.45, 7) is 0.827. The van der Waals surface area contributed by atoms with Crippen LogP contribution in [0.5, 0.6) is 0 Å². The zero-order chi connectivity index (χ0) is 14.6. The zero-order valence-corrected chi connectivity index (χ0v) is 13.1. The number of hydrogen-bond acceptors (Lipinski definition) is 3. The van der Waals surface area contributed by atoms with Crippen LogP contribution in [-0.2, 0) is 14.3 Å². The molecule has 0 N–H and O–H groups in total. The van der Waals surface area contributed by atoms with Crippen molar-refractivity contribution < 1.29 is 14.3 Å². The number of carbonyl (C=O) groups is 1. The van der Waals surface area contributed by atoms with E-state index in [9.17, 15) is 4.79 Å². The van der Waals surface area contributed by atoms with E-state index in [-0.39, 0.29) is 29.3 Å². The van der Waals surface area contributed by atoms with Gasteiger partial charge in [0.05, 0.1) is 24.4 Å². The van der Waals surface area contributed by atoms with Gasteiger partial charge in [-0.3, -0.25) is 0 Å². The number of epoxide rings is 2. The fourth-order valence-electron chi connectivity index (χ4n) is 4.80. The van der Waals surface area contributed by atoms with Crippen LogP contribution in [0.4, 0.5) is 0 Å². The number of carbonyl (C=O) groups excluding carboxylic acids is 1. The molecule has 4 aliphatic rings. The van der Waals surface area contributed by atoms with Crippen LogP contribution in [0.3, 0.4) is 0 Å². The van der Waals surface area contributed by atoms with E-state index in [4.69, 9.17) is 9.47 Å². The minimum atomic E-state index is -0.0351. The van der Waals surface area contributed by atoms with Gasteiger partial charge in [-0.25, -0.2) is 0 Å². The van der Waals surface area contributed by atoms with Crippen molar-refractivity contribution in [3.63, 3.8) is 0 Å². The van der Waals surface area contributed by atoms with Crippen LogP contribution in [0.1, 0.15) is 38.5 Å². The van der Waals surface area contributed by atoms with Crippen molar-refractivity contribution >= 4 is 21.5 Å². The van der Waals surface area contributed by atoms with Crippen molar-refractivity contribution in [3.05, 3.63) is 11.6 Å². The standard InChI is InChI=1S/C16H24B2O3/c17-10-7-16(8-20-16)12(13(18)14(10)19)15-11(21-15)6-5-9-3-1-2-4-9/h5,10-13,15H,1-4,6-8,17-18H2/t10?,11?,12?,13?,15?,16-/m0/s1. The third-order valence-corrected chi connectivity index (χ3v) is 6.11. The molecule has 0 bridgehead atoms. The Morgan fingerprint density at radius 1 is 1.29 bits per heavy atom. The molecule has 112 valence electrons. The SMILES string of the molecule is BC1C[C@]2(CO2)C(C2OC2CC=C2CCCC2)C(B)C1=O. The van der Waals surface area contributed by atoms with Crippen LogP contribution < -0.4 is 0 Å². The van der Waals surface area contributed by atoms with Crippen LogP contribution in [-0.4, -0.2) is 45.9 Å². The maximum Gasteiger partial charge on any atom is 0.123 e. The summed E-state index contributed by atoms with van der Waals surface area (Å²) in [5.41, 5.74) is 1.58. The summed E-state index contributed by atoms with van der Waals surface area (Å²) in [7, 11) is 4.13. The van der Waals surface area contributed by atoms with Gasteiger partial charge in [0.1, 0.15) is 21.5 Å². The van der Waals surface area contributed by atoms with E-state index < -0.39 is 0 Å². The molecule has 0 radical (unpaired) electrons. The molecule has 4 rings (SSSR count). The summed E-state index contributed by atoms with van der Waals surface area (Å²) < 4.78 is 11.8. The first-order chi connectivity index (χ1) is 10.1. The number of ketones is 1. The number of rotatable bonds is 3. The molecule has 6 atom stereocenters. The smallest absolute Gasteiger partial charge is 0.123 e. The average Bonchev–Trinajstić information content (AvgIpc) is 3.35. The van der Waals surface area contributed by atoms with Crippen molar-refractivity contribution in [2.45, 2.75) is 68.0 Å². The fraction of sp³-hybridized carbons (Fsp3) is 0.812. The van der Waals surface area contributed by atoms with E-state index >= 15 is 0 Å². The highest BCUT2D eigenvalue weighted by atomic mass is 16.6. The summed E-state index contributed by atoms with van der Waals surface area (Å²) in [5, 5.41) is 0. The Labute approximate surface area is 128 Å². The molecule has 0 aromatic rings. The molecule has 2 saturated heterocycles. The normalized spacial score (nSPS) is 48.7. The zero-order valence-electron chi connectivity index (χ0n) is 13.1. The molecule has 0 amide bonds. The van der Waals surface area contributed by atoms with Gasteiger partial charge in [-0.2, -0.15) is 0 Å². The van der Waals surface area contributed by atoms with Gasteiger partial charge in [0.25, 0.3) is 0 Å². The largest absolute Gasteiger partial charge is 0.369 e. The van der Waals surface area contributed by atoms with Gasteiger partial charge in [-0.15, -0.1) is 0 Å². The predicted molar refractivity (Wildman–Crippen MR) is 86.2 cm³/mol. The number of Topliss-reactive ketones (excluding diaryl/α,β-unsaturated/α-hetero) is 1. The van der Waals surface area contributed by atoms with Crippen molar-refractivity contribution in [1.82, 2.24) is 0 Å². The number of allylic oxidation sites excluding steroid dienone is 1. The molecule has 0 aromatic heterocycles. The molecule has 2 heterocycles. The molecule has 2 aliphatic carbocycles. The highest BCUT2D eigenvalue weighted by Gasteiger charge is 2.65. The molecule has 3 nitrogen and oxygen atoms in total. The van der Waals surface area contributed by atoms with Crippen LogP contribution >= 0.6 is 0 Å². The van der Waals surface area contributed by atoms with Gasteiger partial charge in [0.2, 0.25) is 0 Å². The Bertz CT molecular complexity index is 478. The first-order valence-electron chi connectivity index (χ1n) is 8.62. The first-order valence-corrected chi connectivity index (χ1v) is 8.62. The predicted octanol–water partition coefficient (Wildman–Crippen LogP) is 0.845. The summed E-state index contributed by atoms with van der Waals surface area (Å²) in [4.78, 5) is 12.3. The monoisotopic (exact) mass is 286 g/mol. The molecule has 2 saturated carbocycles. The van der Waals surface area contributed by atoms with Gasteiger partial charge in [0.15, 0.2) is 0 Å². The molecule has 1 spiro atoms. The Morgan fingerprint density at radius 2 is 2.00 bits per heavy atom. The summed E-state index contributed by atoms with van der Waals surface area (Å²) in [5.74, 6) is 0.930. The average molecular weight is 286 g/mol. The molecule has 0 aromatic carbocycles. The van der Waals surface area contributed by atoms with E-state index in [2.05, 4.69) is 13.9 Å². The summed E-state index contributed by atoms with van der Waals surface area (Å²) in [6, 6.07) is 0. The Kier molecular flexibility index (Phi) is 3.34. The van der Waals surface area contributed by atoms with E-state index in [0.717, 1.165) is 19.4 Å². The van der Waals surface area contributed by atoms with Gasteiger partial charge in [-0.05, 0) is 50.2 Å². The minimum absolute atomic E-state index is 0.0351. The quantitative estimate of drug-likeness (QED) is 0.439. The molecule has 5 unspecified atom stereocenters.